The summed E-state index contributed by atoms with van der Waals surface area (Å²) in [6.07, 6.45) is 0. The number of fused-ring (bicyclic) bond motifs is 6. The largest absolute Gasteiger partial charge is 0.491 e. The highest BCUT2D eigenvalue weighted by Crippen LogP contribution is 2.57. The van der Waals surface area contributed by atoms with E-state index in [1.165, 1.54) is 0 Å². The van der Waals surface area contributed by atoms with Gasteiger partial charge in [-0.15, -0.1) is 5.10 Å². The normalized spacial score (nSPS) is 25.5. The van der Waals surface area contributed by atoms with Crippen molar-refractivity contribution >= 4 is 33.6 Å². The number of nitrogens with one attached hydrogen (secondary N) is 1. The first-order chi connectivity index (χ1) is 19.0. The molecule has 1 aliphatic carbocycles. The molecule has 0 radical (unpaired) electrons. The maximum Gasteiger partial charge on any atom is 0.254 e. The Morgan fingerprint density at radius 3 is 2.64 bits per heavy atom. The van der Waals surface area contributed by atoms with E-state index in [0.29, 0.717) is 55.2 Å². The van der Waals surface area contributed by atoms with Crippen molar-refractivity contribution in [3.63, 3.8) is 0 Å². The number of methoxy groups -OCH3 is 1. The SMILES string of the molecule is COCCOc1cc(C(=O)N2CC3[C@H]4CN(C(=O)c5ccc6[nH]nnc6c5)C[C@H]4C3(O)C2)cc2ccccc12. The minimum absolute atomic E-state index is 0.0513. The number of carbonyl (C=O) groups is 2. The summed E-state index contributed by atoms with van der Waals surface area (Å²) in [5.41, 5.74) is 1.54. The summed E-state index contributed by atoms with van der Waals surface area (Å²) < 4.78 is 11.1. The van der Waals surface area contributed by atoms with E-state index in [9.17, 15) is 14.7 Å². The molecule has 1 saturated carbocycles. The monoisotopic (exact) mass is 527 g/mol. The predicted octanol–water partition coefficient (Wildman–Crippen LogP) is 2.34. The second kappa shape index (κ2) is 9.03. The van der Waals surface area contributed by atoms with Gasteiger partial charge in [0.25, 0.3) is 11.8 Å². The number of aromatic nitrogens is 3. The van der Waals surface area contributed by atoms with Gasteiger partial charge in [-0.1, -0.05) is 29.5 Å². The number of hydrogen-bond donors (Lipinski definition) is 2. The number of nitrogens with zero attached hydrogens (tertiary/aromatic N) is 4. The Labute approximate surface area is 224 Å². The minimum atomic E-state index is -0.986. The zero-order chi connectivity index (χ0) is 26.7. The van der Waals surface area contributed by atoms with Gasteiger partial charge in [0.2, 0.25) is 0 Å². The van der Waals surface area contributed by atoms with Gasteiger partial charge in [0.05, 0.1) is 24.3 Å². The van der Waals surface area contributed by atoms with Crippen LogP contribution in [0.15, 0.2) is 54.6 Å². The third-order valence-corrected chi connectivity index (χ3v) is 8.79. The van der Waals surface area contributed by atoms with E-state index >= 15 is 0 Å². The maximum absolute atomic E-state index is 13.7. The Kier molecular flexibility index (Phi) is 5.57. The third-order valence-electron chi connectivity index (χ3n) is 8.79. The van der Waals surface area contributed by atoms with E-state index in [1.54, 1.807) is 36.3 Å². The Bertz CT molecular complexity index is 1600. The average molecular weight is 528 g/mol. The standard InChI is InChI=1S/C29H29N5O5/c1-38-8-9-39-26-12-19(10-17-4-2-3-5-20(17)26)28(36)34-15-23-21-13-33(14-22(21)29(23,37)16-34)27(35)18-6-7-24-25(11-18)31-32-30-24/h2-7,10-12,21-23,37H,8-9,13-16H2,1H3,(H,30,31,32)/t21-,22+,23?,29?/m0/s1. The molecule has 4 atom stereocenters. The number of ether oxygens (including phenoxy) is 2. The third kappa shape index (κ3) is 3.77. The van der Waals surface area contributed by atoms with Crippen LogP contribution in [-0.4, -0.2) is 94.2 Å². The van der Waals surface area contributed by atoms with E-state index in [4.69, 9.17) is 9.47 Å². The van der Waals surface area contributed by atoms with E-state index in [0.717, 1.165) is 16.3 Å². The number of aromatic amines is 1. The van der Waals surface area contributed by atoms with Crippen LogP contribution >= 0.6 is 0 Å². The maximum atomic E-state index is 13.7. The van der Waals surface area contributed by atoms with Crippen molar-refractivity contribution in [3.05, 3.63) is 65.7 Å². The molecule has 0 bridgehead atoms. The molecular weight excluding hydrogens is 498 g/mol. The molecule has 2 amide bonds. The van der Waals surface area contributed by atoms with Crippen molar-refractivity contribution in [2.24, 2.45) is 17.8 Å². The van der Waals surface area contributed by atoms with Crippen LogP contribution in [0.3, 0.4) is 0 Å². The summed E-state index contributed by atoms with van der Waals surface area (Å²) in [7, 11) is 1.62. The second-order valence-corrected chi connectivity index (χ2v) is 10.8. The molecule has 10 heteroatoms. The van der Waals surface area contributed by atoms with Crippen LogP contribution in [0.25, 0.3) is 21.8 Å². The lowest BCUT2D eigenvalue weighted by atomic mass is 9.56. The van der Waals surface area contributed by atoms with E-state index in [-0.39, 0.29) is 36.1 Å². The van der Waals surface area contributed by atoms with Gasteiger partial charge in [0, 0.05) is 55.1 Å². The average Bonchev–Trinajstić information content (AvgIpc) is 3.67. The summed E-state index contributed by atoms with van der Waals surface area (Å²) in [4.78, 5) is 30.5. The van der Waals surface area contributed by atoms with E-state index < -0.39 is 5.60 Å². The first kappa shape index (κ1) is 24.1. The summed E-state index contributed by atoms with van der Waals surface area (Å²) >= 11 is 0. The fraction of sp³-hybridized carbons (Fsp3) is 0.379. The first-order valence-electron chi connectivity index (χ1n) is 13.2. The van der Waals surface area contributed by atoms with Gasteiger partial charge in [0.1, 0.15) is 17.9 Å². The van der Waals surface area contributed by atoms with Gasteiger partial charge in [-0.2, -0.15) is 0 Å². The molecule has 3 aromatic carbocycles. The van der Waals surface area contributed by atoms with Crippen molar-refractivity contribution in [2.45, 2.75) is 5.60 Å². The van der Waals surface area contributed by atoms with Crippen LogP contribution in [0.5, 0.6) is 5.75 Å². The zero-order valence-corrected chi connectivity index (χ0v) is 21.5. The molecule has 2 N–H and O–H groups in total. The highest BCUT2D eigenvalue weighted by molar-refractivity contribution is 6.01. The Hall–Kier alpha value is -4.02. The lowest BCUT2D eigenvalue weighted by Gasteiger charge is -2.50. The van der Waals surface area contributed by atoms with Crippen LogP contribution in [0, 0.1) is 17.8 Å². The molecule has 1 aromatic heterocycles. The molecule has 2 saturated heterocycles. The first-order valence-corrected chi connectivity index (χ1v) is 13.2. The molecule has 3 fully saturated rings. The molecule has 39 heavy (non-hydrogen) atoms. The fourth-order valence-electron chi connectivity index (χ4n) is 6.84. The summed E-state index contributed by atoms with van der Waals surface area (Å²) in [6.45, 7) is 2.61. The van der Waals surface area contributed by atoms with Crippen LogP contribution in [-0.2, 0) is 4.74 Å². The fourth-order valence-corrected chi connectivity index (χ4v) is 6.84. The number of hydrogen-bond acceptors (Lipinski definition) is 7. The molecule has 2 unspecified atom stereocenters. The molecule has 0 spiro atoms. The molecule has 3 aliphatic rings. The number of aliphatic hydroxyl groups is 1. The van der Waals surface area contributed by atoms with E-state index in [1.807, 2.05) is 35.2 Å². The Balaban J connectivity index is 1.07. The Morgan fingerprint density at radius 1 is 1.00 bits per heavy atom. The van der Waals surface area contributed by atoms with Crippen molar-refractivity contribution in [2.75, 3.05) is 46.5 Å². The predicted molar refractivity (Wildman–Crippen MR) is 142 cm³/mol. The number of likely N-dealkylation sites (tertiary alicyclic amines) is 2. The number of β-amino-alcohol motifs (C(OH)–C–C–N with tert-alkyl or cyclic N) is 1. The van der Waals surface area contributed by atoms with Crippen LogP contribution < -0.4 is 4.74 Å². The van der Waals surface area contributed by atoms with Crippen LogP contribution in [0.1, 0.15) is 20.7 Å². The second-order valence-electron chi connectivity index (χ2n) is 10.8. The molecule has 3 heterocycles. The molecule has 200 valence electrons. The molecular formula is C29H29N5O5. The quantitative estimate of drug-likeness (QED) is 0.369. The van der Waals surface area contributed by atoms with Gasteiger partial charge >= 0.3 is 0 Å². The van der Waals surface area contributed by atoms with Gasteiger partial charge in [-0.3, -0.25) is 14.7 Å². The highest BCUT2D eigenvalue weighted by Gasteiger charge is 2.68. The van der Waals surface area contributed by atoms with Crippen molar-refractivity contribution in [1.82, 2.24) is 25.2 Å². The number of amides is 2. The van der Waals surface area contributed by atoms with Gasteiger partial charge in [-0.05, 0) is 41.6 Å². The number of rotatable bonds is 6. The van der Waals surface area contributed by atoms with Crippen LogP contribution in [0.2, 0.25) is 0 Å². The Morgan fingerprint density at radius 2 is 1.79 bits per heavy atom. The number of benzene rings is 3. The molecule has 2 aliphatic heterocycles. The summed E-state index contributed by atoms with van der Waals surface area (Å²) in [5.74, 6) is 0.513. The minimum Gasteiger partial charge on any atom is -0.491 e. The smallest absolute Gasteiger partial charge is 0.254 e. The lowest BCUT2D eigenvalue weighted by molar-refractivity contribution is -0.145. The summed E-state index contributed by atoms with van der Waals surface area (Å²) in [5, 5.41) is 24.1. The number of carbonyl (C=O) groups excluding carboxylic acids is 2. The van der Waals surface area contributed by atoms with Crippen molar-refractivity contribution in [3.8, 4) is 5.75 Å². The van der Waals surface area contributed by atoms with Gasteiger partial charge in [0.15, 0.2) is 0 Å². The topological polar surface area (TPSA) is 121 Å². The van der Waals surface area contributed by atoms with E-state index in [2.05, 4.69) is 15.4 Å². The van der Waals surface area contributed by atoms with Crippen LogP contribution in [0.4, 0.5) is 0 Å². The summed E-state index contributed by atoms with van der Waals surface area (Å²) in [6, 6.07) is 16.8. The molecule has 4 aromatic rings. The van der Waals surface area contributed by atoms with Crippen molar-refractivity contribution < 1.29 is 24.2 Å². The number of H-pyrrole nitrogens is 1. The highest BCUT2D eigenvalue weighted by atomic mass is 16.5. The molecule has 10 nitrogen and oxygen atoms in total. The van der Waals surface area contributed by atoms with Gasteiger partial charge in [-0.25, -0.2) is 0 Å². The lowest BCUT2D eigenvalue weighted by Crippen LogP contribution is -2.61. The molecule has 7 rings (SSSR count). The zero-order valence-electron chi connectivity index (χ0n) is 21.5. The van der Waals surface area contributed by atoms with Gasteiger partial charge < -0.3 is 24.4 Å². The van der Waals surface area contributed by atoms with Crippen molar-refractivity contribution in [1.29, 1.82) is 0 Å².